The Morgan fingerprint density at radius 1 is 1.30 bits per heavy atom. The summed E-state index contributed by atoms with van der Waals surface area (Å²) < 4.78 is 22.2. The van der Waals surface area contributed by atoms with Crippen LogP contribution in [0, 0.1) is 0 Å². The molecule has 0 atom stereocenters. The molecule has 1 aromatic heterocycles. The molecular weight excluding hydrogens is 280 g/mol. The summed E-state index contributed by atoms with van der Waals surface area (Å²) in [4.78, 5) is 11.7. The molecule has 106 valence electrons. The van der Waals surface area contributed by atoms with Gasteiger partial charge in [0.05, 0.1) is 16.8 Å². The summed E-state index contributed by atoms with van der Waals surface area (Å²) in [6, 6.07) is 6.15. The number of hydrogen-bond acceptors (Lipinski definition) is 4. The van der Waals surface area contributed by atoms with E-state index in [2.05, 4.69) is 15.5 Å². The van der Waals surface area contributed by atoms with Crippen LogP contribution in [0.4, 0.5) is 5.69 Å². The van der Waals surface area contributed by atoms with E-state index < -0.39 is 10.0 Å². The molecule has 7 nitrogen and oxygen atoms in total. The van der Waals surface area contributed by atoms with Crippen molar-refractivity contribution in [3.8, 4) is 0 Å². The van der Waals surface area contributed by atoms with Gasteiger partial charge < -0.3 is 5.32 Å². The third-order valence-corrected chi connectivity index (χ3v) is 3.60. The second kappa shape index (κ2) is 5.85. The number of nitrogens with two attached hydrogens (primary N) is 1. The lowest BCUT2D eigenvalue weighted by Gasteiger charge is -2.04. The maximum Gasteiger partial charge on any atom is 0.238 e. The van der Waals surface area contributed by atoms with Crippen LogP contribution in [0.1, 0.15) is 12.0 Å². The number of rotatable bonds is 5. The number of sulfonamides is 1. The number of H-pyrrole nitrogens is 1. The summed E-state index contributed by atoms with van der Waals surface area (Å²) >= 11 is 0. The minimum absolute atomic E-state index is 0.0594. The first-order valence-electron chi connectivity index (χ1n) is 5.85. The number of benzene rings is 1. The lowest BCUT2D eigenvalue weighted by molar-refractivity contribution is -0.116. The van der Waals surface area contributed by atoms with Gasteiger partial charge in [-0.05, 0) is 24.1 Å². The molecule has 2 rings (SSSR count). The SMILES string of the molecule is NS(=O)(=O)c1ccc(CCC(=O)Nc2cn[nH]c2)cc1. The van der Waals surface area contributed by atoms with Gasteiger partial charge in [-0.25, -0.2) is 13.6 Å². The van der Waals surface area contributed by atoms with Gasteiger partial charge in [0, 0.05) is 12.6 Å². The lowest BCUT2D eigenvalue weighted by atomic mass is 10.1. The number of anilines is 1. The second-order valence-corrected chi connectivity index (χ2v) is 5.79. The van der Waals surface area contributed by atoms with Crippen molar-refractivity contribution < 1.29 is 13.2 Å². The summed E-state index contributed by atoms with van der Waals surface area (Å²) in [5.74, 6) is -0.137. The summed E-state index contributed by atoms with van der Waals surface area (Å²) in [5.41, 5.74) is 1.47. The van der Waals surface area contributed by atoms with Crippen molar-refractivity contribution >= 4 is 21.6 Å². The number of nitrogens with zero attached hydrogens (tertiary/aromatic N) is 1. The predicted octanol–water partition coefficient (Wildman–Crippen LogP) is 0.628. The van der Waals surface area contributed by atoms with Gasteiger partial charge in [-0.2, -0.15) is 5.10 Å². The summed E-state index contributed by atoms with van der Waals surface area (Å²) in [7, 11) is -3.67. The minimum Gasteiger partial charge on any atom is -0.323 e. The average Bonchev–Trinajstić information content (AvgIpc) is 2.88. The first kappa shape index (κ1) is 14.2. The first-order chi connectivity index (χ1) is 9.45. The fourth-order valence-corrected chi connectivity index (χ4v) is 2.16. The van der Waals surface area contributed by atoms with Gasteiger partial charge in [0.25, 0.3) is 0 Å². The molecule has 0 aliphatic carbocycles. The van der Waals surface area contributed by atoms with Crippen LogP contribution < -0.4 is 10.5 Å². The molecule has 1 amide bonds. The Hall–Kier alpha value is -2.19. The van der Waals surface area contributed by atoms with Crippen LogP contribution in [-0.4, -0.2) is 24.5 Å². The van der Waals surface area contributed by atoms with Crippen LogP contribution in [0.15, 0.2) is 41.6 Å². The van der Waals surface area contributed by atoms with Crippen LogP contribution in [0.3, 0.4) is 0 Å². The van der Waals surface area contributed by atoms with E-state index in [4.69, 9.17) is 5.14 Å². The van der Waals surface area contributed by atoms with Crippen molar-refractivity contribution in [1.29, 1.82) is 0 Å². The van der Waals surface area contributed by atoms with Gasteiger partial charge in [-0.1, -0.05) is 12.1 Å². The Morgan fingerprint density at radius 3 is 2.55 bits per heavy atom. The van der Waals surface area contributed by atoms with Crippen molar-refractivity contribution in [2.24, 2.45) is 5.14 Å². The van der Waals surface area contributed by atoms with Crippen LogP contribution in [0.5, 0.6) is 0 Å². The number of amides is 1. The third kappa shape index (κ3) is 3.90. The maximum atomic E-state index is 11.6. The minimum atomic E-state index is -3.67. The highest BCUT2D eigenvalue weighted by atomic mass is 32.2. The standard InChI is InChI=1S/C12H14N4O3S/c13-20(18,19)11-4-1-9(2-5-11)3-6-12(17)16-10-7-14-15-8-10/h1-2,4-5,7-8H,3,6H2,(H,14,15)(H,16,17)(H2,13,18,19). The van der Waals surface area contributed by atoms with Crippen LogP contribution in [-0.2, 0) is 21.2 Å². The van der Waals surface area contributed by atoms with Gasteiger partial charge in [-0.15, -0.1) is 0 Å². The second-order valence-electron chi connectivity index (χ2n) is 4.22. The highest BCUT2D eigenvalue weighted by Gasteiger charge is 2.08. The van der Waals surface area contributed by atoms with Crippen molar-refractivity contribution in [2.75, 3.05) is 5.32 Å². The highest BCUT2D eigenvalue weighted by Crippen LogP contribution is 2.11. The van der Waals surface area contributed by atoms with E-state index in [1.807, 2.05) is 0 Å². The van der Waals surface area contributed by atoms with Gasteiger partial charge in [0.15, 0.2) is 0 Å². The molecule has 8 heteroatoms. The third-order valence-electron chi connectivity index (χ3n) is 2.67. The number of aryl methyl sites for hydroxylation is 1. The van der Waals surface area contributed by atoms with E-state index in [0.717, 1.165) is 5.56 Å². The Balaban J connectivity index is 1.89. The predicted molar refractivity (Wildman–Crippen MR) is 73.4 cm³/mol. The van der Waals surface area contributed by atoms with Crippen molar-refractivity contribution in [3.05, 3.63) is 42.2 Å². The van der Waals surface area contributed by atoms with Gasteiger partial charge in [0.1, 0.15) is 0 Å². The zero-order valence-corrected chi connectivity index (χ0v) is 11.4. The Morgan fingerprint density at radius 2 is 2.00 bits per heavy atom. The van der Waals surface area contributed by atoms with Gasteiger partial charge >= 0.3 is 0 Å². The van der Waals surface area contributed by atoms with E-state index in [0.29, 0.717) is 18.5 Å². The zero-order valence-electron chi connectivity index (χ0n) is 10.5. The number of hydrogen-bond donors (Lipinski definition) is 3. The molecule has 0 spiro atoms. The van der Waals surface area contributed by atoms with Crippen molar-refractivity contribution in [1.82, 2.24) is 10.2 Å². The maximum absolute atomic E-state index is 11.6. The first-order valence-corrected chi connectivity index (χ1v) is 7.40. The van der Waals surface area contributed by atoms with Gasteiger partial charge in [-0.3, -0.25) is 9.89 Å². The molecule has 0 saturated carbocycles. The molecule has 1 aromatic carbocycles. The summed E-state index contributed by atoms with van der Waals surface area (Å²) in [6.07, 6.45) is 3.89. The number of carbonyl (C=O) groups is 1. The van der Waals surface area contributed by atoms with E-state index in [1.54, 1.807) is 18.3 Å². The molecule has 20 heavy (non-hydrogen) atoms. The Kier molecular flexibility index (Phi) is 4.16. The number of aromatic nitrogens is 2. The average molecular weight is 294 g/mol. The monoisotopic (exact) mass is 294 g/mol. The topological polar surface area (TPSA) is 118 Å². The quantitative estimate of drug-likeness (QED) is 0.749. The van der Waals surface area contributed by atoms with Crippen LogP contribution in [0.2, 0.25) is 0 Å². The summed E-state index contributed by atoms with van der Waals surface area (Å²) in [5, 5.41) is 14.0. The smallest absolute Gasteiger partial charge is 0.238 e. The Labute approximate surface area is 116 Å². The molecule has 0 bridgehead atoms. The number of aromatic amines is 1. The zero-order chi connectivity index (χ0) is 14.6. The number of nitrogens with one attached hydrogen (secondary N) is 2. The van der Waals surface area contributed by atoms with Crippen molar-refractivity contribution in [3.63, 3.8) is 0 Å². The lowest BCUT2D eigenvalue weighted by Crippen LogP contribution is -2.13. The molecule has 0 aliphatic rings. The fraction of sp³-hybridized carbons (Fsp3) is 0.167. The number of carbonyl (C=O) groups excluding carboxylic acids is 1. The van der Waals surface area contributed by atoms with Crippen LogP contribution in [0.25, 0.3) is 0 Å². The van der Waals surface area contributed by atoms with Crippen molar-refractivity contribution in [2.45, 2.75) is 17.7 Å². The van der Waals surface area contributed by atoms with Crippen LogP contribution >= 0.6 is 0 Å². The molecule has 4 N–H and O–H groups in total. The molecule has 0 saturated heterocycles. The largest absolute Gasteiger partial charge is 0.323 e. The molecular formula is C12H14N4O3S. The molecule has 2 aromatic rings. The van der Waals surface area contributed by atoms with E-state index in [1.165, 1.54) is 18.3 Å². The highest BCUT2D eigenvalue weighted by molar-refractivity contribution is 7.89. The molecule has 0 aliphatic heterocycles. The fourth-order valence-electron chi connectivity index (χ4n) is 1.65. The number of primary sulfonamides is 1. The molecule has 0 unspecified atom stereocenters. The van der Waals surface area contributed by atoms with E-state index in [9.17, 15) is 13.2 Å². The molecule has 0 radical (unpaired) electrons. The molecule has 0 fully saturated rings. The normalized spacial score (nSPS) is 11.2. The molecule has 1 heterocycles. The van der Waals surface area contributed by atoms with E-state index >= 15 is 0 Å². The van der Waals surface area contributed by atoms with E-state index in [-0.39, 0.29) is 10.8 Å². The Bertz CT molecular complexity index is 678. The van der Waals surface area contributed by atoms with Gasteiger partial charge in [0.2, 0.25) is 15.9 Å². The summed E-state index contributed by atoms with van der Waals surface area (Å²) in [6.45, 7) is 0.